The molecule has 0 N–H and O–H groups in total. The van der Waals surface area contributed by atoms with E-state index in [1.54, 1.807) is 0 Å². The van der Waals surface area contributed by atoms with Crippen molar-refractivity contribution in [3.05, 3.63) is 35.9 Å². The second kappa shape index (κ2) is 5.13. The number of hydrogen-bond acceptors (Lipinski definition) is 2. The number of rotatable bonds is 2. The Morgan fingerprint density at radius 1 is 1.04 bits per heavy atom. The second-order valence-corrected chi connectivity index (χ2v) is 10.1. The maximum absolute atomic E-state index is 6.70. The van der Waals surface area contributed by atoms with Crippen molar-refractivity contribution in [3.8, 4) is 0 Å². The molecule has 5 rings (SSSR count). The molecule has 0 unspecified atom stereocenters. The first-order valence-corrected chi connectivity index (χ1v) is 10.2. The molecule has 6 atom stereocenters. The van der Waals surface area contributed by atoms with Crippen LogP contribution < -0.4 is 0 Å². The van der Waals surface area contributed by atoms with Crippen molar-refractivity contribution in [2.45, 2.75) is 71.4 Å². The van der Waals surface area contributed by atoms with Crippen molar-refractivity contribution < 1.29 is 9.31 Å². The van der Waals surface area contributed by atoms with Gasteiger partial charge in [0.2, 0.25) is 0 Å². The Labute approximate surface area is 152 Å². The molecule has 1 aromatic carbocycles. The molecule has 3 aliphatic carbocycles. The largest absolute Gasteiger partial charge is 0.462 e. The van der Waals surface area contributed by atoms with Gasteiger partial charge in [0.1, 0.15) is 0 Å². The summed E-state index contributed by atoms with van der Waals surface area (Å²) in [4.78, 5) is 0. The Morgan fingerprint density at radius 2 is 1.80 bits per heavy atom. The van der Waals surface area contributed by atoms with Crippen LogP contribution in [-0.2, 0) is 15.6 Å². The van der Waals surface area contributed by atoms with Gasteiger partial charge in [-0.1, -0.05) is 56.7 Å². The van der Waals surface area contributed by atoms with Gasteiger partial charge < -0.3 is 9.31 Å². The summed E-state index contributed by atoms with van der Waals surface area (Å²) >= 11 is 0. The fourth-order valence-corrected chi connectivity index (χ4v) is 7.55. The predicted octanol–water partition coefficient (Wildman–Crippen LogP) is 4.91. The Kier molecular flexibility index (Phi) is 3.36. The first-order valence-electron chi connectivity index (χ1n) is 10.2. The van der Waals surface area contributed by atoms with Crippen LogP contribution in [-0.4, -0.2) is 18.8 Å². The number of hydrogen-bond donors (Lipinski definition) is 0. The van der Waals surface area contributed by atoms with Gasteiger partial charge in [-0.05, 0) is 61.2 Å². The molecule has 134 valence electrons. The average Bonchev–Trinajstić information content (AvgIpc) is 3.12. The summed E-state index contributed by atoms with van der Waals surface area (Å²) in [6, 6.07) is 10.6. The molecular formula is C22H31BO2. The highest BCUT2D eigenvalue weighted by atomic mass is 16.7. The van der Waals surface area contributed by atoms with Crippen molar-refractivity contribution in [3.63, 3.8) is 0 Å². The summed E-state index contributed by atoms with van der Waals surface area (Å²) in [7, 11) is -0.0842. The summed E-state index contributed by atoms with van der Waals surface area (Å²) in [5, 5.41) is 0. The third-order valence-corrected chi connectivity index (χ3v) is 8.79. The molecule has 1 saturated heterocycles. The van der Waals surface area contributed by atoms with Gasteiger partial charge in [0.05, 0.1) is 11.7 Å². The van der Waals surface area contributed by atoms with Crippen LogP contribution >= 0.6 is 0 Å². The highest BCUT2D eigenvalue weighted by molar-refractivity contribution is 6.44. The fourth-order valence-electron chi connectivity index (χ4n) is 7.55. The molecular weight excluding hydrogens is 307 g/mol. The average molecular weight is 338 g/mol. The van der Waals surface area contributed by atoms with Gasteiger partial charge in [-0.2, -0.15) is 0 Å². The summed E-state index contributed by atoms with van der Waals surface area (Å²) in [5.74, 6) is 2.30. The summed E-state index contributed by atoms with van der Waals surface area (Å²) in [6.45, 7) is 9.89. The van der Waals surface area contributed by atoms with Crippen LogP contribution in [0.3, 0.4) is 0 Å². The van der Waals surface area contributed by atoms with Crippen molar-refractivity contribution in [1.29, 1.82) is 0 Å². The lowest BCUT2D eigenvalue weighted by Crippen LogP contribution is -2.52. The summed E-state index contributed by atoms with van der Waals surface area (Å²) in [6.07, 6.45) is 6.50. The van der Waals surface area contributed by atoms with Crippen LogP contribution in [0.4, 0.5) is 0 Å². The minimum atomic E-state index is -0.113. The molecule has 2 bridgehead atoms. The quantitative estimate of drug-likeness (QED) is 0.713. The van der Waals surface area contributed by atoms with Crippen LogP contribution in [0.15, 0.2) is 30.3 Å². The van der Waals surface area contributed by atoms with Gasteiger partial charge in [0.15, 0.2) is 0 Å². The molecule has 2 nitrogen and oxygen atoms in total. The van der Waals surface area contributed by atoms with Crippen molar-refractivity contribution in [2.75, 3.05) is 0 Å². The van der Waals surface area contributed by atoms with Gasteiger partial charge in [-0.25, -0.2) is 0 Å². The molecule has 25 heavy (non-hydrogen) atoms. The van der Waals surface area contributed by atoms with Crippen molar-refractivity contribution in [1.82, 2.24) is 0 Å². The van der Waals surface area contributed by atoms with Gasteiger partial charge in [-0.15, -0.1) is 0 Å². The smallest absolute Gasteiger partial charge is 0.405 e. The third-order valence-electron chi connectivity index (χ3n) is 8.79. The van der Waals surface area contributed by atoms with Crippen LogP contribution in [0, 0.1) is 28.6 Å². The lowest BCUT2D eigenvalue weighted by Gasteiger charge is -2.48. The molecule has 1 spiro atoms. The van der Waals surface area contributed by atoms with E-state index in [9.17, 15) is 0 Å². The SMILES string of the molecule is C[C@@H]1CC[C@H]2C(C)(C)[C@H]3C[C@@]12C[C@@H]1OB(Cc2ccccc2)O[C@@]13C. The minimum absolute atomic E-state index is 0.0842. The van der Waals surface area contributed by atoms with E-state index in [2.05, 4.69) is 58.0 Å². The number of benzene rings is 1. The maximum atomic E-state index is 6.70. The van der Waals surface area contributed by atoms with Crippen LogP contribution in [0.5, 0.6) is 0 Å². The lowest BCUT2D eigenvalue weighted by molar-refractivity contribution is -0.0768. The molecule has 4 aliphatic rings. The Morgan fingerprint density at radius 3 is 2.56 bits per heavy atom. The zero-order valence-corrected chi connectivity index (χ0v) is 16.1. The predicted molar refractivity (Wildman–Crippen MR) is 101 cm³/mol. The van der Waals surface area contributed by atoms with E-state index >= 15 is 0 Å². The number of fused-ring (bicyclic) bond motifs is 3. The molecule has 4 fully saturated rings. The van der Waals surface area contributed by atoms with Crippen molar-refractivity contribution in [2.24, 2.45) is 28.6 Å². The molecule has 0 aromatic heterocycles. The topological polar surface area (TPSA) is 18.5 Å². The van der Waals surface area contributed by atoms with E-state index in [0.717, 1.165) is 18.2 Å². The van der Waals surface area contributed by atoms with E-state index < -0.39 is 0 Å². The van der Waals surface area contributed by atoms with Gasteiger partial charge in [-0.3, -0.25) is 0 Å². The Hall–Kier alpha value is -0.795. The van der Waals surface area contributed by atoms with E-state index in [-0.39, 0.29) is 18.8 Å². The molecule has 3 saturated carbocycles. The van der Waals surface area contributed by atoms with Crippen LogP contribution in [0.25, 0.3) is 0 Å². The monoisotopic (exact) mass is 338 g/mol. The third kappa shape index (κ3) is 2.06. The second-order valence-electron chi connectivity index (χ2n) is 10.1. The molecule has 1 heterocycles. The maximum Gasteiger partial charge on any atom is 0.462 e. The summed E-state index contributed by atoms with van der Waals surface area (Å²) in [5.41, 5.74) is 2.06. The normalized spacial score (nSPS) is 47.0. The van der Waals surface area contributed by atoms with E-state index in [4.69, 9.17) is 9.31 Å². The molecule has 0 radical (unpaired) electrons. The Balaban J connectivity index is 1.45. The summed E-state index contributed by atoms with van der Waals surface area (Å²) < 4.78 is 13.3. The first-order chi connectivity index (χ1) is 11.9. The minimum Gasteiger partial charge on any atom is -0.405 e. The highest BCUT2D eigenvalue weighted by Crippen LogP contribution is 2.74. The zero-order chi connectivity index (χ0) is 17.4. The van der Waals surface area contributed by atoms with E-state index in [0.29, 0.717) is 16.7 Å². The van der Waals surface area contributed by atoms with Gasteiger partial charge >= 0.3 is 7.12 Å². The van der Waals surface area contributed by atoms with E-state index in [1.807, 2.05) is 0 Å². The van der Waals surface area contributed by atoms with Gasteiger partial charge in [0, 0.05) is 6.32 Å². The molecule has 3 heteroatoms. The molecule has 1 aromatic rings. The lowest BCUT2D eigenvalue weighted by atomic mass is 9.63. The zero-order valence-electron chi connectivity index (χ0n) is 16.1. The van der Waals surface area contributed by atoms with Crippen LogP contribution in [0.2, 0.25) is 0 Å². The molecule has 0 amide bonds. The fraction of sp³-hybridized carbons (Fsp3) is 0.727. The highest BCUT2D eigenvalue weighted by Gasteiger charge is 2.73. The molecule has 1 aliphatic heterocycles. The first kappa shape index (κ1) is 16.4. The standard InChI is InChI=1S/C22H31BO2/c1-15-10-11-17-20(2,3)18-12-22(15,17)13-19-21(18,4)25-23(24-19)14-16-8-6-5-7-9-16/h5-9,15,17-19H,10-14H2,1-4H3/t15-,17+,18-,19+,21-,22-/m1/s1. The van der Waals surface area contributed by atoms with Crippen LogP contribution in [0.1, 0.15) is 58.9 Å². The Bertz CT molecular complexity index is 674. The van der Waals surface area contributed by atoms with Crippen molar-refractivity contribution >= 4 is 7.12 Å². The van der Waals surface area contributed by atoms with Gasteiger partial charge in [0.25, 0.3) is 0 Å². The van der Waals surface area contributed by atoms with E-state index in [1.165, 1.54) is 31.2 Å².